The number of hydrogen-bond donors (Lipinski definition) is 1. The Balaban J connectivity index is 2.09. The van der Waals surface area contributed by atoms with Crippen LogP contribution in [0.1, 0.15) is 0 Å². The molecule has 0 amide bonds. The lowest BCUT2D eigenvalue weighted by atomic mass is 10.3. The zero-order chi connectivity index (χ0) is 12.1. The molecule has 1 aromatic heterocycles. The first kappa shape index (κ1) is 12.3. The van der Waals surface area contributed by atoms with Gasteiger partial charge in [-0.3, -0.25) is 0 Å². The number of nitrogens with two attached hydrogens (primary N) is 1. The van der Waals surface area contributed by atoms with Crippen LogP contribution in [0.5, 0.6) is 0 Å². The number of thioether (sulfide) groups is 1. The number of nitrogens with zero attached hydrogens (tertiary/aromatic N) is 3. The molecule has 0 bridgehead atoms. The average Bonchev–Trinajstić information content (AvgIpc) is 2.85. The van der Waals surface area contributed by atoms with Crippen molar-refractivity contribution in [3.63, 3.8) is 0 Å². The highest BCUT2D eigenvalue weighted by atomic mass is 32.2. The van der Waals surface area contributed by atoms with Gasteiger partial charge in [0, 0.05) is 25.0 Å². The lowest BCUT2D eigenvalue weighted by molar-refractivity contribution is 0.986. The second kappa shape index (κ2) is 6.00. The summed E-state index contributed by atoms with van der Waals surface area (Å²) in [7, 11) is 1.99. The summed E-state index contributed by atoms with van der Waals surface area (Å²) in [5.74, 6) is 0.879. The molecule has 0 saturated carbocycles. The predicted molar refractivity (Wildman–Crippen MR) is 74.2 cm³/mol. The third kappa shape index (κ3) is 3.18. The van der Waals surface area contributed by atoms with Gasteiger partial charge in [0.2, 0.25) is 5.13 Å². The Bertz CT molecular complexity index is 458. The molecular formula is C11H14N4S2. The van der Waals surface area contributed by atoms with Crippen LogP contribution in [-0.4, -0.2) is 29.5 Å². The molecule has 17 heavy (non-hydrogen) atoms. The minimum atomic E-state index is 0.661. The van der Waals surface area contributed by atoms with Crippen molar-refractivity contribution in [2.75, 3.05) is 24.2 Å². The molecule has 1 heterocycles. The standard InChI is InChI=1S/C11H14N4S2/c1-15(9-5-3-2-4-6-9)10-13-14-11(17-10)16-8-7-12/h2-6H,7-8,12H2,1H3. The number of aromatic nitrogens is 2. The van der Waals surface area contributed by atoms with E-state index in [1.54, 1.807) is 23.1 Å². The molecule has 0 atom stereocenters. The fourth-order valence-corrected chi connectivity index (χ4v) is 2.97. The summed E-state index contributed by atoms with van der Waals surface area (Å²) in [5, 5.41) is 9.21. The van der Waals surface area contributed by atoms with E-state index in [1.807, 2.05) is 42.3 Å². The second-order valence-corrected chi connectivity index (χ2v) is 5.68. The SMILES string of the molecule is CN(c1ccccc1)c1nnc(SCCN)s1. The molecule has 2 N–H and O–H groups in total. The van der Waals surface area contributed by atoms with Crippen LogP contribution in [0.2, 0.25) is 0 Å². The third-order valence-corrected chi connectivity index (χ3v) is 4.34. The molecular weight excluding hydrogens is 252 g/mol. The quantitative estimate of drug-likeness (QED) is 0.842. The van der Waals surface area contributed by atoms with Gasteiger partial charge < -0.3 is 10.6 Å². The molecule has 0 fully saturated rings. The first-order valence-electron chi connectivity index (χ1n) is 5.26. The van der Waals surface area contributed by atoms with Crippen LogP contribution in [0.4, 0.5) is 10.8 Å². The fraction of sp³-hybridized carbons (Fsp3) is 0.273. The van der Waals surface area contributed by atoms with Crippen LogP contribution in [0, 0.1) is 0 Å². The van der Waals surface area contributed by atoms with Crippen molar-refractivity contribution >= 4 is 33.9 Å². The Labute approximate surface area is 109 Å². The summed E-state index contributed by atoms with van der Waals surface area (Å²) in [6.45, 7) is 0.661. The van der Waals surface area contributed by atoms with E-state index in [0.717, 1.165) is 20.9 Å². The van der Waals surface area contributed by atoms with Gasteiger partial charge in [-0.2, -0.15) is 0 Å². The van der Waals surface area contributed by atoms with Crippen LogP contribution in [-0.2, 0) is 0 Å². The Morgan fingerprint density at radius 1 is 1.29 bits per heavy atom. The van der Waals surface area contributed by atoms with Gasteiger partial charge in [0.1, 0.15) is 0 Å². The molecule has 2 aromatic rings. The minimum Gasteiger partial charge on any atom is -0.330 e. The number of anilines is 2. The Hall–Kier alpha value is -1.11. The van der Waals surface area contributed by atoms with Crippen molar-refractivity contribution in [3.8, 4) is 0 Å². The van der Waals surface area contributed by atoms with E-state index in [1.165, 1.54) is 0 Å². The average molecular weight is 266 g/mol. The Kier molecular flexibility index (Phi) is 4.36. The fourth-order valence-electron chi connectivity index (χ4n) is 1.30. The first-order chi connectivity index (χ1) is 8.31. The van der Waals surface area contributed by atoms with E-state index in [2.05, 4.69) is 10.2 Å². The van der Waals surface area contributed by atoms with E-state index < -0.39 is 0 Å². The maximum absolute atomic E-state index is 5.46. The molecule has 0 aliphatic heterocycles. The molecule has 0 saturated heterocycles. The molecule has 1 aromatic carbocycles. The van der Waals surface area contributed by atoms with E-state index in [4.69, 9.17) is 5.73 Å². The minimum absolute atomic E-state index is 0.661. The topological polar surface area (TPSA) is 55.0 Å². The molecule has 90 valence electrons. The smallest absolute Gasteiger partial charge is 0.213 e. The normalized spacial score (nSPS) is 10.5. The van der Waals surface area contributed by atoms with Gasteiger partial charge in [0.05, 0.1) is 0 Å². The van der Waals surface area contributed by atoms with E-state index >= 15 is 0 Å². The highest BCUT2D eigenvalue weighted by Crippen LogP contribution is 2.30. The second-order valence-electron chi connectivity index (χ2n) is 3.38. The molecule has 0 radical (unpaired) electrons. The van der Waals surface area contributed by atoms with Gasteiger partial charge >= 0.3 is 0 Å². The van der Waals surface area contributed by atoms with Gasteiger partial charge in [-0.25, -0.2) is 0 Å². The van der Waals surface area contributed by atoms with Gasteiger partial charge in [-0.1, -0.05) is 41.3 Å². The summed E-state index contributed by atoms with van der Waals surface area (Å²) in [6.07, 6.45) is 0. The Morgan fingerprint density at radius 2 is 2.06 bits per heavy atom. The highest BCUT2D eigenvalue weighted by molar-refractivity contribution is 8.01. The van der Waals surface area contributed by atoms with Crippen LogP contribution in [0.25, 0.3) is 0 Å². The number of hydrogen-bond acceptors (Lipinski definition) is 6. The lowest BCUT2D eigenvalue weighted by Crippen LogP contribution is -2.08. The zero-order valence-corrected chi connectivity index (χ0v) is 11.2. The van der Waals surface area contributed by atoms with Gasteiger partial charge in [-0.05, 0) is 12.1 Å². The van der Waals surface area contributed by atoms with E-state index in [0.29, 0.717) is 6.54 Å². The number of benzene rings is 1. The summed E-state index contributed by atoms with van der Waals surface area (Å²) in [4.78, 5) is 2.03. The van der Waals surface area contributed by atoms with Crippen molar-refractivity contribution in [3.05, 3.63) is 30.3 Å². The van der Waals surface area contributed by atoms with E-state index in [-0.39, 0.29) is 0 Å². The molecule has 0 aliphatic carbocycles. The molecule has 4 nitrogen and oxygen atoms in total. The molecule has 0 unspecified atom stereocenters. The summed E-state index contributed by atoms with van der Waals surface area (Å²) < 4.78 is 0.966. The summed E-state index contributed by atoms with van der Waals surface area (Å²) in [6, 6.07) is 10.1. The summed E-state index contributed by atoms with van der Waals surface area (Å²) in [5.41, 5.74) is 6.57. The molecule has 0 aliphatic rings. The monoisotopic (exact) mass is 266 g/mol. The van der Waals surface area contributed by atoms with Gasteiger partial charge in [0.15, 0.2) is 4.34 Å². The first-order valence-corrected chi connectivity index (χ1v) is 7.06. The predicted octanol–water partition coefficient (Wildman–Crippen LogP) is 2.36. The van der Waals surface area contributed by atoms with Gasteiger partial charge in [0.25, 0.3) is 0 Å². The van der Waals surface area contributed by atoms with Crippen molar-refractivity contribution in [2.45, 2.75) is 4.34 Å². The summed E-state index contributed by atoms with van der Waals surface area (Å²) >= 11 is 3.23. The Morgan fingerprint density at radius 3 is 2.76 bits per heavy atom. The van der Waals surface area contributed by atoms with Crippen LogP contribution in [0.15, 0.2) is 34.7 Å². The number of para-hydroxylation sites is 1. The molecule has 6 heteroatoms. The highest BCUT2D eigenvalue weighted by Gasteiger charge is 2.10. The van der Waals surface area contributed by atoms with Crippen LogP contribution >= 0.6 is 23.1 Å². The van der Waals surface area contributed by atoms with Gasteiger partial charge in [-0.15, -0.1) is 10.2 Å². The molecule has 0 spiro atoms. The molecule has 2 rings (SSSR count). The lowest BCUT2D eigenvalue weighted by Gasteiger charge is -2.14. The van der Waals surface area contributed by atoms with Crippen LogP contribution in [0.3, 0.4) is 0 Å². The number of rotatable bonds is 5. The van der Waals surface area contributed by atoms with Crippen molar-refractivity contribution < 1.29 is 0 Å². The zero-order valence-electron chi connectivity index (χ0n) is 9.54. The van der Waals surface area contributed by atoms with Crippen molar-refractivity contribution in [2.24, 2.45) is 5.73 Å². The maximum atomic E-state index is 5.46. The van der Waals surface area contributed by atoms with Crippen molar-refractivity contribution in [1.29, 1.82) is 0 Å². The van der Waals surface area contributed by atoms with Crippen LogP contribution < -0.4 is 10.6 Å². The van der Waals surface area contributed by atoms with Crippen molar-refractivity contribution in [1.82, 2.24) is 10.2 Å². The third-order valence-electron chi connectivity index (χ3n) is 2.17. The van der Waals surface area contributed by atoms with E-state index in [9.17, 15) is 0 Å². The maximum Gasteiger partial charge on any atom is 0.213 e. The largest absolute Gasteiger partial charge is 0.330 e.